The Kier molecular flexibility index (Phi) is 4.11. The lowest BCUT2D eigenvalue weighted by Gasteiger charge is -2.49. The summed E-state index contributed by atoms with van der Waals surface area (Å²) >= 11 is 0. The Morgan fingerprint density at radius 3 is 2.36 bits per heavy atom. The van der Waals surface area contributed by atoms with Gasteiger partial charge in [0.1, 0.15) is 0 Å². The summed E-state index contributed by atoms with van der Waals surface area (Å²) in [6, 6.07) is 22.0. The molecule has 3 heterocycles. The Labute approximate surface area is 190 Å². The van der Waals surface area contributed by atoms with Gasteiger partial charge in [0.25, 0.3) is 0 Å². The first-order valence-corrected chi connectivity index (χ1v) is 10.9. The van der Waals surface area contributed by atoms with E-state index in [1.807, 2.05) is 67.6 Å². The van der Waals surface area contributed by atoms with Crippen LogP contribution in [0, 0.1) is 0 Å². The van der Waals surface area contributed by atoms with Crippen LogP contribution < -0.4 is 5.73 Å². The van der Waals surface area contributed by atoms with E-state index in [-0.39, 0.29) is 6.01 Å². The van der Waals surface area contributed by atoms with Gasteiger partial charge >= 0.3 is 6.01 Å². The van der Waals surface area contributed by atoms with Crippen molar-refractivity contribution >= 4 is 16.6 Å². The van der Waals surface area contributed by atoms with Gasteiger partial charge in [0.15, 0.2) is 5.65 Å². The van der Waals surface area contributed by atoms with Crippen LogP contribution in [0.1, 0.15) is 25.3 Å². The Morgan fingerprint density at radius 2 is 1.67 bits per heavy atom. The van der Waals surface area contributed by atoms with Gasteiger partial charge in [-0.05, 0) is 43.0 Å². The molecule has 4 N–H and O–H groups in total. The summed E-state index contributed by atoms with van der Waals surface area (Å²) in [7, 11) is 0. The van der Waals surface area contributed by atoms with Crippen molar-refractivity contribution in [1.82, 2.24) is 19.6 Å². The first kappa shape index (κ1) is 19.8. The molecule has 0 saturated heterocycles. The fourth-order valence-electron chi connectivity index (χ4n) is 5.11. The van der Waals surface area contributed by atoms with Crippen LogP contribution in [0.5, 0.6) is 6.01 Å². The molecular formula is C26H23N5O2. The molecule has 0 amide bonds. The van der Waals surface area contributed by atoms with Gasteiger partial charge in [0, 0.05) is 28.2 Å². The van der Waals surface area contributed by atoms with Crippen LogP contribution in [0.2, 0.25) is 0 Å². The summed E-state index contributed by atoms with van der Waals surface area (Å²) in [6.45, 7) is 1.82. The van der Waals surface area contributed by atoms with Gasteiger partial charge in [-0.1, -0.05) is 59.7 Å². The first-order valence-electron chi connectivity index (χ1n) is 10.9. The highest BCUT2D eigenvalue weighted by molar-refractivity contribution is 5.98. The SMILES string of the molecule is C[C@]1(O)C[C@@](N)(c2ccc(-c3nc4ccn5c(O)nnc5c4cc3-c3ccccc3)cc2)C1. The molecule has 0 spiro atoms. The Morgan fingerprint density at radius 1 is 0.939 bits per heavy atom. The molecular weight excluding hydrogens is 414 g/mol. The monoisotopic (exact) mass is 437 g/mol. The second-order valence-corrected chi connectivity index (χ2v) is 9.28. The number of benzene rings is 2. The zero-order valence-corrected chi connectivity index (χ0v) is 18.1. The molecule has 1 fully saturated rings. The number of nitrogens with zero attached hydrogens (tertiary/aromatic N) is 4. The summed E-state index contributed by atoms with van der Waals surface area (Å²) in [5.41, 5.74) is 11.5. The normalized spacial score (nSPS) is 22.5. The van der Waals surface area contributed by atoms with Gasteiger partial charge in [0.2, 0.25) is 0 Å². The molecule has 1 saturated carbocycles. The van der Waals surface area contributed by atoms with E-state index in [0.717, 1.165) is 38.9 Å². The molecule has 5 aromatic rings. The van der Waals surface area contributed by atoms with E-state index in [1.165, 1.54) is 0 Å². The van der Waals surface area contributed by atoms with E-state index in [0.29, 0.717) is 18.5 Å². The molecule has 7 heteroatoms. The lowest BCUT2D eigenvalue weighted by atomic mass is 9.63. The molecule has 0 radical (unpaired) electrons. The minimum absolute atomic E-state index is 0.154. The van der Waals surface area contributed by atoms with Crippen molar-refractivity contribution in [2.45, 2.75) is 30.9 Å². The van der Waals surface area contributed by atoms with E-state index in [1.54, 1.807) is 10.6 Å². The molecule has 3 aromatic heterocycles. The van der Waals surface area contributed by atoms with E-state index >= 15 is 0 Å². The molecule has 0 aliphatic heterocycles. The predicted molar refractivity (Wildman–Crippen MR) is 127 cm³/mol. The number of hydrogen-bond acceptors (Lipinski definition) is 6. The van der Waals surface area contributed by atoms with Crippen LogP contribution in [-0.4, -0.2) is 35.4 Å². The summed E-state index contributed by atoms with van der Waals surface area (Å²) < 4.78 is 1.54. The average molecular weight is 438 g/mol. The van der Waals surface area contributed by atoms with Gasteiger partial charge in [-0.25, -0.2) is 4.98 Å². The second kappa shape index (κ2) is 6.84. The molecule has 0 atom stereocenters. The van der Waals surface area contributed by atoms with Gasteiger partial charge in [-0.15, -0.1) is 5.10 Å². The molecule has 0 bridgehead atoms. The highest BCUT2D eigenvalue weighted by atomic mass is 16.3. The van der Waals surface area contributed by atoms with Crippen molar-refractivity contribution in [3.05, 3.63) is 78.5 Å². The van der Waals surface area contributed by atoms with Crippen LogP contribution in [0.3, 0.4) is 0 Å². The third-order valence-corrected chi connectivity index (χ3v) is 6.56. The van der Waals surface area contributed by atoms with Crippen LogP contribution >= 0.6 is 0 Å². The highest BCUT2D eigenvalue weighted by Crippen LogP contribution is 2.46. The van der Waals surface area contributed by atoms with Crippen molar-refractivity contribution in [3.8, 4) is 28.4 Å². The van der Waals surface area contributed by atoms with Gasteiger partial charge < -0.3 is 15.9 Å². The number of hydrogen-bond donors (Lipinski definition) is 3. The average Bonchev–Trinajstić information content (AvgIpc) is 3.18. The maximum absolute atomic E-state index is 10.2. The quantitative estimate of drug-likeness (QED) is 0.393. The number of nitrogens with two attached hydrogens (primary N) is 1. The standard InChI is InChI=1S/C26H23N5O2/c1-25(33)14-26(27,15-25)18-9-7-17(8-10-18)22-19(16-5-3-2-4-6-16)13-20-21(28-22)11-12-31-23(20)29-30-24(31)32/h2-13,33H,14-15,27H2,1H3,(H,30,32)/t25-,26-. The first-order chi connectivity index (χ1) is 15.8. The van der Waals surface area contributed by atoms with Crippen molar-refractivity contribution in [2.24, 2.45) is 5.73 Å². The second-order valence-electron chi connectivity index (χ2n) is 9.28. The van der Waals surface area contributed by atoms with Crippen molar-refractivity contribution in [1.29, 1.82) is 0 Å². The number of fused-ring (bicyclic) bond motifs is 3. The van der Waals surface area contributed by atoms with Crippen LogP contribution in [0.4, 0.5) is 0 Å². The molecule has 0 unspecified atom stereocenters. The summed E-state index contributed by atoms with van der Waals surface area (Å²) in [5.74, 6) is 0. The number of aromatic hydroxyl groups is 1. The van der Waals surface area contributed by atoms with Crippen LogP contribution in [0.25, 0.3) is 38.9 Å². The maximum atomic E-state index is 10.2. The molecule has 164 valence electrons. The largest absolute Gasteiger partial charge is 0.479 e. The number of aliphatic hydroxyl groups is 1. The van der Waals surface area contributed by atoms with E-state index < -0.39 is 11.1 Å². The molecule has 7 nitrogen and oxygen atoms in total. The summed E-state index contributed by atoms with van der Waals surface area (Å²) in [4.78, 5) is 5.00. The lowest BCUT2D eigenvalue weighted by Crippen LogP contribution is -2.58. The molecule has 2 aromatic carbocycles. The smallest absolute Gasteiger partial charge is 0.319 e. The Hall–Kier alpha value is -3.81. The van der Waals surface area contributed by atoms with E-state index in [4.69, 9.17) is 10.7 Å². The minimum Gasteiger partial charge on any atom is -0.479 e. The zero-order valence-electron chi connectivity index (χ0n) is 18.1. The number of rotatable bonds is 3. The molecule has 6 rings (SSSR count). The number of aromatic nitrogens is 4. The Balaban J connectivity index is 1.52. The van der Waals surface area contributed by atoms with Gasteiger partial charge in [-0.2, -0.15) is 0 Å². The van der Waals surface area contributed by atoms with Crippen LogP contribution in [0.15, 0.2) is 72.9 Å². The number of pyridine rings is 2. The fourth-order valence-corrected chi connectivity index (χ4v) is 5.11. The summed E-state index contributed by atoms with van der Waals surface area (Å²) in [6.07, 6.45) is 2.81. The Bertz CT molecular complexity index is 1500. The summed E-state index contributed by atoms with van der Waals surface area (Å²) in [5, 5.41) is 28.9. The van der Waals surface area contributed by atoms with Crippen molar-refractivity contribution in [2.75, 3.05) is 0 Å². The molecule has 33 heavy (non-hydrogen) atoms. The van der Waals surface area contributed by atoms with Gasteiger partial charge in [-0.3, -0.25) is 4.40 Å². The lowest BCUT2D eigenvalue weighted by molar-refractivity contribution is -0.0738. The topological polar surface area (TPSA) is 110 Å². The minimum atomic E-state index is -0.699. The molecule has 1 aliphatic rings. The van der Waals surface area contributed by atoms with Crippen molar-refractivity contribution < 1.29 is 10.2 Å². The predicted octanol–water partition coefficient (Wildman–Crippen LogP) is 4.02. The van der Waals surface area contributed by atoms with E-state index in [2.05, 4.69) is 16.3 Å². The third-order valence-electron chi connectivity index (χ3n) is 6.56. The highest BCUT2D eigenvalue weighted by Gasteiger charge is 2.49. The maximum Gasteiger partial charge on any atom is 0.319 e. The molecule has 1 aliphatic carbocycles. The zero-order chi connectivity index (χ0) is 22.8. The fraction of sp³-hybridized carbons (Fsp3) is 0.192. The van der Waals surface area contributed by atoms with E-state index in [9.17, 15) is 10.2 Å². The van der Waals surface area contributed by atoms with Crippen molar-refractivity contribution in [3.63, 3.8) is 0 Å². The third kappa shape index (κ3) is 3.16. The van der Waals surface area contributed by atoms with Crippen LogP contribution in [-0.2, 0) is 5.54 Å². The van der Waals surface area contributed by atoms with Gasteiger partial charge in [0.05, 0.1) is 16.8 Å².